The molecule has 2 aromatic carbocycles. The van der Waals surface area contributed by atoms with Crippen LogP contribution in [0.1, 0.15) is 17.3 Å². The number of benzene rings is 2. The number of amides is 1. The van der Waals surface area contributed by atoms with E-state index in [0.29, 0.717) is 22.5 Å². The summed E-state index contributed by atoms with van der Waals surface area (Å²) < 4.78 is 11.7. The lowest BCUT2D eigenvalue weighted by Crippen LogP contribution is -2.11. The Labute approximate surface area is 226 Å². The van der Waals surface area contributed by atoms with Crippen LogP contribution in [0.4, 0.5) is 5.69 Å². The van der Waals surface area contributed by atoms with Gasteiger partial charge in [-0.15, -0.1) is 5.10 Å². The number of fused-ring (bicyclic) bond motifs is 1. The topological polar surface area (TPSA) is 103 Å². The number of hydrogen-bond donors (Lipinski definition) is 1. The van der Waals surface area contributed by atoms with Gasteiger partial charge in [0.15, 0.2) is 5.76 Å². The summed E-state index contributed by atoms with van der Waals surface area (Å²) in [7, 11) is 4.67. The molecule has 0 aliphatic heterocycles. The molecule has 39 heavy (non-hydrogen) atoms. The Morgan fingerprint density at radius 3 is 2.44 bits per heavy atom. The van der Waals surface area contributed by atoms with Crippen molar-refractivity contribution in [3.63, 3.8) is 0 Å². The second-order valence-corrected chi connectivity index (χ2v) is 7.03. The molecule has 0 aliphatic rings. The van der Waals surface area contributed by atoms with E-state index in [1.165, 1.54) is 19.4 Å². The van der Waals surface area contributed by atoms with Crippen molar-refractivity contribution in [2.24, 2.45) is 10.2 Å². The molecule has 0 aliphatic carbocycles. The minimum Gasteiger partial charge on any atom is -0.497 e. The Morgan fingerprint density at radius 2 is 1.79 bits per heavy atom. The van der Waals surface area contributed by atoms with Gasteiger partial charge in [-0.1, -0.05) is 11.8 Å². The third-order valence-electron chi connectivity index (χ3n) is 4.64. The zero-order valence-electron chi connectivity index (χ0n) is 22.1. The van der Waals surface area contributed by atoms with E-state index in [1.807, 2.05) is 13.0 Å². The second-order valence-electron chi connectivity index (χ2n) is 7.03. The fraction of sp³-hybridized carbons (Fsp3) is 0.167. The fourth-order valence-corrected chi connectivity index (χ4v) is 2.78. The Kier molecular flexibility index (Phi) is 12.7. The van der Waals surface area contributed by atoms with Crippen LogP contribution in [-0.4, -0.2) is 42.2 Å². The molecule has 1 N–H and O–H groups in total. The average molecular weight is 519 g/mol. The summed E-state index contributed by atoms with van der Waals surface area (Å²) in [6.07, 6.45) is 2.86. The highest BCUT2D eigenvalue weighted by atomic mass is 16.5. The number of carbonyl (C=O) groups excluding carboxylic acids is 1. The number of methoxy groups -OCH3 is 2. The molecule has 0 saturated carbocycles. The number of nitrogens with one attached hydrogen (secondary N) is 1. The van der Waals surface area contributed by atoms with Gasteiger partial charge in [-0.3, -0.25) is 4.79 Å². The monoisotopic (exact) mass is 518 g/mol. The Balaban J connectivity index is 0.000000285. The van der Waals surface area contributed by atoms with Crippen molar-refractivity contribution in [1.29, 1.82) is 0 Å². The van der Waals surface area contributed by atoms with E-state index in [1.54, 1.807) is 55.2 Å². The largest absolute Gasteiger partial charge is 0.497 e. The number of nitrogens with zero attached hydrogens (tertiary/aromatic N) is 5. The average Bonchev–Trinajstić information content (AvgIpc) is 3.39. The number of allylic oxidation sites excluding steroid dienone is 1. The molecule has 1 amide bonds. The first kappa shape index (κ1) is 29.5. The van der Waals surface area contributed by atoms with Crippen LogP contribution in [0.15, 0.2) is 123 Å². The van der Waals surface area contributed by atoms with E-state index in [0.717, 1.165) is 17.8 Å². The van der Waals surface area contributed by atoms with Crippen LogP contribution in [0.5, 0.6) is 5.75 Å². The van der Waals surface area contributed by atoms with Crippen LogP contribution in [-0.2, 0) is 11.3 Å². The molecule has 0 atom stereocenters. The molecule has 9 heteroatoms. The quantitative estimate of drug-likeness (QED) is 0.187. The molecule has 1 aromatic heterocycles. The molecule has 0 unspecified atom stereocenters. The number of azo groups is 1. The lowest BCUT2D eigenvalue weighted by atomic mass is 10.2. The van der Waals surface area contributed by atoms with Crippen molar-refractivity contribution in [2.75, 3.05) is 26.6 Å². The van der Waals surface area contributed by atoms with E-state index in [-0.39, 0.29) is 5.91 Å². The van der Waals surface area contributed by atoms with Gasteiger partial charge in [-0.05, 0) is 101 Å². The van der Waals surface area contributed by atoms with Gasteiger partial charge in [0.1, 0.15) is 11.3 Å². The fourth-order valence-electron chi connectivity index (χ4n) is 2.78. The predicted octanol–water partition coefficient (Wildman–Crippen LogP) is 5.70. The van der Waals surface area contributed by atoms with Crippen LogP contribution < -0.4 is 10.1 Å². The maximum Gasteiger partial charge on any atom is 0.255 e. The van der Waals surface area contributed by atoms with Gasteiger partial charge < -0.3 is 14.8 Å². The molecule has 0 radical (unpaired) electrons. The van der Waals surface area contributed by atoms with Crippen LogP contribution in [0, 0.1) is 0 Å². The van der Waals surface area contributed by atoms with Crippen molar-refractivity contribution in [3.05, 3.63) is 118 Å². The molecular formula is C30H26N6O3. The highest BCUT2D eigenvalue weighted by Gasteiger charge is 2.10. The van der Waals surface area contributed by atoms with Crippen molar-refractivity contribution in [2.45, 2.75) is 13.5 Å². The lowest BCUT2D eigenvalue weighted by molar-refractivity contribution is 0.102. The zero-order valence-corrected chi connectivity index (χ0v) is 22.1. The molecule has 0 bridgehead atoms. The molecule has 3 rings (SSSR count). The molecule has 0 spiro atoms. The summed E-state index contributed by atoms with van der Waals surface area (Å²) in [6, 6.07) is 12.6. The highest BCUT2D eigenvalue weighted by molar-refractivity contribution is 6.05. The summed E-state index contributed by atoms with van der Waals surface area (Å²) in [5.41, 5.74) is 23.3. The minimum absolute atomic E-state index is 0.182. The third kappa shape index (κ3) is 10.0. The van der Waals surface area contributed by atoms with Gasteiger partial charge in [-0.2, -0.15) is 10.2 Å². The first-order chi connectivity index (χ1) is 19.1. The number of hydrogen-bond acceptors (Lipinski definition) is 7. The minimum atomic E-state index is -0.182. The normalized spacial score (nSPS) is 8.92. The predicted molar refractivity (Wildman–Crippen MR) is 148 cm³/mol. The van der Waals surface area contributed by atoms with Crippen LogP contribution in [0.25, 0.3) is 11.0 Å². The number of ether oxygens (including phenoxy) is 2. The van der Waals surface area contributed by atoms with Crippen LogP contribution in [0.2, 0.25) is 0 Å². The molecule has 1 heterocycles. The lowest BCUT2D eigenvalue weighted by Gasteiger charge is -2.06. The number of anilines is 1. The number of carbonyl (C=O) groups is 1. The van der Waals surface area contributed by atoms with Crippen molar-refractivity contribution >= 4 is 22.6 Å². The molecule has 0 saturated heterocycles. The van der Waals surface area contributed by atoms with Crippen LogP contribution >= 0.6 is 0 Å². The molecule has 3 aromatic rings. The first-order valence-electron chi connectivity index (χ1n) is 11.5. The van der Waals surface area contributed by atoms with Gasteiger partial charge in [0.05, 0.1) is 25.9 Å². The smallest absolute Gasteiger partial charge is 0.255 e. The molecule has 194 valence electrons. The molecule has 0 fully saturated rings. The van der Waals surface area contributed by atoms with E-state index in [9.17, 15) is 4.79 Å². The van der Waals surface area contributed by atoms with E-state index < -0.39 is 0 Å². The SMILES string of the molecule is C=CC(=C=C=C=C=C=C=C=C=CN=NC)OC.CCn1nnc2cc(C(=O)Nc3ccc(OC)cc3)ccc21. The summed E-state index contributed by atoms with van der Waals surface area (Å²) in [5.74, 6) is 1.03. The second kappa shape index (κ2) is 16.8. The van der Waals surface area contributed by atoms with Gasteiger partial charge in [0.2, 0.25) is 0 Å². The highest BCUT2D eigenvalue weighted by Crippen LogP contribution is 2.18. The van der Waals surface area contributed by atoms with E-state index in [4.69, 9.17) is 9.47 Å². The number of aryl methyl sites for hydroxylation is 1. The summed E-state index contributed by atoms with van der Waals surface area (Å²) >= 11 is 0. The van der Waals surface area contributed by atoms with Crippen molar-refractivity contribution < 1.29 is 14.3 Å². The van der Waals surface area contributed by atoms with E-state index >= 15 is 0 Å². The summed E-state index contributed by atoms with van der Waals surface area (Å²) in [4.78, 5) is 12.3. The Morgan fingerprint density at radius 1 is 1.08 bits per heavy atom. The maximum atomic E-state index is 12.3. The van der Waals surface area contributed by atoms with E-state index in [2.05, 4.69) is 78.3 Å². The number of aromatic nitrogens is 3. The van der Waals surface area contributed by atoms with Gasteiger partial charge >= 0.3 is 0 Å². The van der Waals surface area contributed by atoms with Gasteiger partial charge in [-0.25, -0.2) is 4.68 Å². The summed E-state index contributed by atoms with van der Waals surface area (Å²) in [5, 5.41) is 18.0. The standard InChI is InChI=1S/C16H16N4O2.C14H10N2O/c1-3-20-15-9-4-11(10-14(15)18-19-20)16(21)17-12-5-7-13(22-2)8-6-12;1-4-14(17-3)12-10-8-6-5-7-9-11-13-16-15-2/h4-10H,3H2,1-2H3,(H,17,21);4,13H,1H2,2-3H3. The van der Waals surface area contributed by atoms with Crippen molar-refractivity contribution in [1.82, 2.24) is 15.0 Å². The number of rotatable bonds is 7. The van der Waals surface area contributed by atoms with Gasteiger partial charge in [0.25, 0.3) is 5.91 Å². The molecular weight excluding hydrogens is 492 g/mol. The van der Waals surface area contributed by atoms with Crippen LogP contribution in [0.3, 0.4) is 0 Å². The zero-order chi connectivity index (χ0) is 28.3. The van der Waals surface area contributed by atoms with Crippen molar-refractivity contribution in [3.8, 4) is 5.75 Å². The maximum absolute atomic E-state index is 12.3. The molecule has 9 nitrogen and oxygen atoms in total. The van der Waals surface area contributed by atoms with Gasteiger partial charge in [0, 0.05) is 24.8 Å². The Hall–Kier alpha value is -5.77. The Bertz CT molecular complexity index is 1660. The third-order valence-corrected chi connectivity index (χ3v) is 4.64. The first-order valence-corrected chi connectivity index (χ1v) is 11.5. The summed E-state index contributed by atoms with van der Waals surface area (Å²) in [6.45, 7) is 6.26.